The molecular weight excluding hydrogens is 484 g/mol. The van der Waals surface area contributed by atoms with Crippen LogP contribution in [0.25, 0.3) is 77.0 Å². The summed E-state index contributed by atoms with van der Waals surface area (Å²) in [5.41, 5.74) is 6.36. The Hall–Kier alpha value is -5.34. The highest BCUT2D eigenvalue weighted by Crippen LogP contribution is 2.40. The highest BCUT2D eigenvalue weighted by Gasteiger charge is 2.14. The number of aromatic nitrogens is 2. The number of benzene rings is 7. The lowest BCUT2D eigenvalue weighted by atomic mass is 9.90. The highest BCUT2D eigenvalue weighted by atomic mass is 14.9. The van der Waals surface area contributed by atoms with Gasteiger partial charge in [0.2, 0.25) is 0 Å². The Kier molecular flexibility index (Phi) is 5.17. The van der Waals surface area contributed by atoms with Gasteiger partial charge >= 0.3 is 0 Å². The van der Waals surface area contributed by atoms with Crippen molar-refractivity contribution in [1.82, 2.24) is 9.97 Å². The molecule has 1 heterocycles. The van der Waals surface area contributed by atoms with Crippen LogP contribution < -0.4 is 0 Å². The second kappa shape index (κ2) is 9.14. The van der Waals surface area contributed by atoms with E-state index < -0.39 is 0 Å². The monoisotopic (exact) mass is 508 g/mol. The molecule has 0 saturated carbocycles. The van der Waals surface area contributed by atoms with E-state index in [0.717, 1.165) is 39.1 Å². The number of rotatable bonds is 3. The normalized spacial score (nSPS) is 11.5. The van der Waals surface area contributed by atoms with Crippen molar-refractivity contribution in [2.75, 3.05) is 0 Å². The van der Waals surface area contributed by atoms with Crippen LogP contribution in [0.15, 0.2) is 146 Å². The molecule has 2 heteroatoms. The standard InChI is InChI=1S/C38H24N2/c1-2-12-26(13-3-1)37-33-19-8-9-20-35(33)39-38(40-37)29-16-10-15-27(23-29)34-24-28-14-5-7-18-31(28)36-30-17-6-4-11-25(30)21-22-32(34)36/h1-24H. The third kappa shape index (κ3) is 3.65. The molecule has 8 aromatic rings. The predicted molar refractivity (Wildman–Crippen MR) is 168 cm³/mol. The van der Waals surface area contributed by atoms with E-state index in [0.29, 0.717) is 0 Å². The molecule has 0 atom stereocenters. The van der Waals surface area contributed by atoms with Crippen molar-refractivity contribution in [3.8, 4) is 33.8 Å². The molecule has 0 radical (unpaired) electrons. The smallest absolute Gasteiger partial charge is 0.160 e. The zero-order valence-corrected chi connectivity index (χ0v) is 21.8. The lowest BCUT2D eigenvalue weighted by Gasteiger charge is -2.14. The third-order valence-corrected chi connectivity index (χ3v) is 7.83. The van der Waals surface area contributed by atoms with Gasteiger partial charge < -0.3 is 0 Å². The fraction of sp³-hybridized carbons (Fsp3) is 0. The van der Waals surface area contributed by atoms with Gasteiger partial charge in [-0.15, -0.1) is 0 Å². The molecule has 8 rings (SSSR count). The Morgan fingerprint density at radius 3 is 1.88 bits per heavy atom. The molecule has 0 aliphatic heterocycles. The minimum absolute atomic E-state index is 0.731. The first-order valence-corrected chi connectivity index (χ1v) is 13.6. The molecule has 0 saturated heterocycles. The zero-order valence-electron chi connectivity index (χ0n) is 21.8. The van der Waals surface area contributed by atoms with Crippen LogP contribution >= 0.6 is 0 Å². The van der Waals surface area contributed by atoms with Crippen LogP contribution in [0.4, 0.5) is 0 Å². The molecule has 0 aliphatic carbocycles. The van der Waals surface area contributed by atoms with Crippen LogP contribution in [-0.4, -0.2) is 9.97 Å². The van der Waals surface area contributed by atoms with Gasteiger partial charge in [0.1, 0.15) is 0 Å². The third-order valence-electron chi connectivity index (χ3n) is 7.83. The molecule has 7 aromatic carbocycles. The minimum atomic E-state index is 0.731. The van der Waals surface area contributed by atoms with E-state index in [4.69, 9.17) is 9.97 Å². The molecule has 0 fully saturated rings. The zero-order chi connectivity index (χ0) is 26.5. The molecule has 0 bridgehead atoms. The Morgan fingerprint density at radius 1 is 0.375 bits per heavy atom. The maximum Gasteiger partial charge on any atom is 0.160 e. The largest absolute Gasteiger partial charge is 0.228 e. The van der Waals surface area contributed by atoms with Gasteiger partial charge in [-0.3, -0.25) is 0 Å². The van der Waals surface area contributed by atoms with Gasteiger partial charge in [0.05, 0.1) is 11.2 Å². The molecule has 0 amide bonds. The lowest BCUT2D eigenvalue weighted by molar-refractivity contribution is 1.23. The van der Waals surface area contributed by atoms with Crippen molar-refractivity contribution in [2.45, 2.75) is 0 Å². The summed E-state index contributed by atoms with van der Waals surface area (Å²) >= 11 is 0. The van der Waals surface area contributed by atoms with Gasteiger partial charge in [-0.25, -0.2) is 9.97 Å². The van der Waals surface area contributed by atoms with Gasteiger partial charge in [-0.2, -0.15) is 0 Å². The van der Waals surface area contributed by atoms with Crippen molar-refractivity contribution in [3.63, 3.8) is 0 Å². The molecule has 40 heavy (non-hydrogen) atoms. The van der Waals surface area contributed by atoms with Crippen LogP contribution in [0, 0.1) is 0 Å². The SMILES string of the molecule is c1ccc(-c2nc(-c3cccc(-c4cc5ccccc5c5c4ccc4ccccc45)c3)nc3ccccc23)cc1. The van der Waals surface area contributed by atoms with Crippen LogP contribution in [0.1, 0.15) is 0 Å². The fourth-order valence-electron chi connectivity index (χ4n) is 5.96. The molecule has 2 nitrogen and oxygen atoms in total. The van der Waals surface area contributed by atoms with E-state index in [9.17, 15) is 0 Å². The van der Waals surface area contributed by atoms with E-state index in [1.807, 2.05) is 18.2 Å². The van der Waals surface area contributed by atoms with Gasteiger partial charge in [0.15, 0.2) is 5.82 Å². The fourth-order valence-corrected chi connectivity index (χ4v) is 5.96. The summed E-state index contributed by atoms with van der Waals surface area (Å²) in [7, 11) is 0. The van der Waals surface area contributed by atoms with Gasteiger partial charge in [0.25, 0.3) is 0 Å². The molecule has 0 N–H and O–H groups in total. The number of para-hydroxylation sites is 1. The van der Waals surface area contributed by atoms with Crippen LogP contribution in [0.5, 0.6) is 0 Å². The van der Waals surface area contributed by atoms with Gasteiger partial charge in [-0.05, 0) is 61.6 Å². The maximum absolute atomic E-state index is 5.12. The lowest BCUT2D eigenvalue weighted by Crippen LogP contribution is -1.95. The summed E-state index contributed by atoms with van der Waals surface area (Å²) in [6, 6.07) is 51.5. The summed E-state index contributed by atoms with van der Waals surface area (Å²) in [6.07, 6.45) is 0. The van der Waals surface area contributed by atoms with Gasteiger partial charge in [0, 0.05) is 16.5 Å². The first-order chi connectivity index (χ1) is 19.8. The minimum Gasteiger partial charge on any atom is -0.228 e. The summed E-state index contributed by atoms with van der Waals surface area (Å²) in [5.74, 6) is 0.731. The first-order valence-electron chi connectivity index (χ1n) is 13.6. The highest BCUT2D eigenvalue weighted by molar-refractivity contribution is 6.24. The molecule has 0 aliphatic rings. The van der Waals surface area contributed by atoms with Crippen molar-refractivity contribution in [3.05, 3.63) is 146 Å². The van der Waals surface area contributed by atoms with Crippen molar-refractivity contribution >= 4 is 43.2 Å². The first kappa shape index (κ1) is 22.6. The Bertz CT molecular complexity index is 2200. The number of nitrogens with zero attached hydrogens (tertiary/aromatic N) is 2. The summed E-state index contributed by atoms with van der Waals surface area (Å²) in [6.45, 7) is 0. The molecular formula is C38H24N2. The topological polar surface area (TPSA) is 25.8 Å². The van der Waals surface area contributed by atoms with Gasteiger partial charge in [-0.1, -0.05) is 127 Å². The maximum atomic E-state index is 5.12. The van der Waals surface area contributed by atoms with Crippen LogP contribution in [0.2, 0.25) is 0 Å². The van der Waals surface area contributed by atoms with Crippen molar-refractivity contribution < 1.29 is 0 Å². The second-order valence-corrected chi connectivity index (χ2v) is 10.2. The average molecular weight is 509 g/mol. The molecule has 0 spiro atoms. The number of fused-ring (bicyclic) bond motifs is 6. The van der Waals surface area contributed by atoms with Crippen LogP contribution in [0.3, 0.4) is 0 Å². The number of hydrogen-bond donors (Lipinski definition) is 0. The Balaban J connectivity index is 1.37. The van der Waals surface area contributed by atoms with E-state index >= 15 is 0 Å². The quantitative estimate of drug-likeness (QED) is 0.222. The van der Waals surface area contributed by atoms with Crippen molar-refractivity contribution in [2.24, 2.45) is 0 Å². The summed E-state index contributed by atoms with van der Waals surface area (Å²) in [4.78, 5) is 10.1. The van der Waals surface area contributed by atoms with Crippen molar-refractivity contribution in [1.29, 1.82) is 0 Å². The molecule has 0 unspecified atom stereocenters. The van der Waals surface area contributed by atoms with E-state index in [2.05, 4.69) is 127 Å². The average Bonchev–Trinajstić information content (AvgIpc) is 3.04. The number of hydrogen-bond acceptors (Lipinski definition) is 2. The van der Waals surface area contributed by atoms with Crippen LogP contribution in [-0.2, 0) is 0 Å². The van der Waals surface area contributed by atoms with E-state index in [1.165, 1.54) is 37.9 Å². The summed E-state index contributed by atoms with van der Waals surface area (Å²) in [5, 5.41) is 8.65. The van der Waals surface area contributed by atoms with E-state index in [1.54, 1.807) is 0 Å². The second-order valence-electron chi connectivity index (χ2n) is 10.2. The van der Waals surface area contributed by atoms with E-state index in [-0.39, 0.29) is 0 Å². The molecule has 1 aromatic heterocycles. The molecule has 186 valence electrons. The Labute approximate surface area is 232 Å². The summed E-state index contributed by atoms with van der Waals surface area (Å²) < 4.78 is 0. The Morgan fingerprint density at radius 2 is 1.02 bits per heavy atom. The predicted octanol–water partition coefficient (Wildman–Crippen LogP) is 10.1.